The Bertz CT molecular complexity index is 734. The van der Waals surface area contributed by atoms with Crippen molar-refractivity contribution in [3.05, 3.63) is 34.8 Å². The quantitative estimate of drug-likeness (QED) is 0.866. The second-order valence-corrected chi connectivity index (χ2v) is 5.76. The van der Waals surface area contributed by atoms with Gasteiger partial charge in [0, 0.05) is 18.8 Å². The Morgan fingerprint density at radius 2 is 2.24 bits per heavy atom. The number of nitrogens with zero attached hydrogens (tertiary/aromatic N) is 5. The molecule has 0 spiro atoms. The third-order valence-electron chi connectivity index (χ3n) is 2.58. The van der Waals surface area contributed by atoms with Crippen LogP contribution in [0.3, 0.4) is 0 Å². The highest BCUT2D eigenvalue weighted by Gasteiger charge is 2.21. The first-order valence-corrected chi connectivity index (χ1v) is 6.32. The van der Waals surface area contributed by atoms with E-state index < -0.39 is 5.69 Å². The average Bonchev–Trinajstić information content (AvgIpc) is 2.74. The molecule has 2 N–H and O–H groups in total. The van der Waals surface area contributed by atoms with Crippen molar-refractivity contribution in [1.29, 1.82) is 5.26 Å². The number of aromatic nitrogens is 4. The number of aromatic amines is 1. The van der Waals surface area contributed by atoms with E-state index in [2.05, 4.69) is 15.0 Å². The van der Waals surface area contributed by atoms with Gasteiger partial charge in [0.05, 0.1) is 6.20 Å². The molecule has 8 nitrogen and oxygen atoms in total. The Kier molecular flexibility index (Phi) is 3.67. The SMILES string of the molecule is CC(C)(C)CN(c1ccnc(C#N)n1)n1cc(O)[nH]c1=O. The van der Waals surface area contributed by atoms with Gasteiger partial charge in [0.1, 0.15) is 6.07 Å². The first-order valence-electron chi connectivity index (χ1n) is 6.32. The number of aromatic hydroxyl groups is 1. The minimum Gasteiger partial charge on any atom is -0.493 e. The molecular weight excluding hydrogens is 272 g/mol. The molecule has 110 valence electrons. The van der Waals surface area contributed by atoms with Gasteiger partial charge in [-0.3, -0.25) is 9.99 Å². The van der Waals surface area contributed by atoms with Crippen molar-refractivity contribution in [2.24, 2.45) is 5.41 Å². The van der Waals surface area contributed by atoms with Crippen molar-refractivity contribution in [2.75, 3.05) is 11.6 Å². The molecule has 21 heavy (non-hydrogen) atoms. The lowest BCUT2D eigenvalue weighted by molar-refractivity contribution is 0.390. The molecule has 0 unspecified atom stereocenters. The maximum Gasteiger partial charge on any atom is 0.347 e. The fraction of sp³-hybridized carbons (Fsp3) is 0.385. The lowest BCUT2D eigenvalue weighted by Gasteiger charge is -2.30. The Morgan fingerprint density at radius 1 is 1.52 bits per heavy atom. The van der Waals surface area contributed by atoms with Gasteiger partial charge in [0.15, 0.2) is 5.82 Å². The minimum absolute atomic E-state index is 0.0132. The van der Waals surface area contributed by atoms with Crippen LogP contribution in [0.5, 0.6) is 5.88 Å². The fourth-order valence-corrected chi connectivity index (χ4v) is 1.82. The fourth-order valence-electron chi connectivity index (χ4n) is 1.82. The molecular formula is C13H16N6O2. The smallest absolute Gasteiger partial charge is 0.347 e. The molecule has 0 aliphatic carbocycles. The van der Waals surface area contributed by atoms with Gasteiger partial charge in [-0.1, -0.05) is 20.8 Å². The average molecular weight is 288 g/mol. The van der Waals surface area contributed by atoms with E-state index >= 15 is 0 Å². The summed E-state index contributed by atoms with van der Waals surface area (Å²) < 4.78 is 1.23. The first-order chi connectivity index (χ1) is 9.80. The van der Waals surface area contributed by atoms with Crippen LogP contribution >= 0.6 is 0 Å². The summed E-state index contributed by atoms with van der Waals surface area (Å²) in [6.45, 7) is 6.46. The van der Waals surface area contributed by atoms with Crippen LogP contribution in [0.2, 0.25) is 0 Å². The maximum atomic E-state index is 11.9. The summed E-state index contributed by atoms with van der Waals surface area (Å²) in [5.41, 5.74) is -0.641. The predicted molar refractivity (Wildman–Crippen MR) is 75.7 cm³/mol. The largest absolute Gasteiger partial charge is 0.493 e. The van der Waals surface area contributed by atoms with Gasteiger partial charge < -0.3 is 5.11 Å². The highest BCUT2D eigenvalue weighted by molar-refractivity contribution is 5.39. The first kappa shape index (κ1) is 14.6. The van der Waals surface area contributed by atoms with Crippen LogP contribution in [0, 0.1) is 16.7 Å². The summed E-state index contributed by atoms with van der Waals surface area (Å²) in [5, 5.41) is 19.9. The number of rotatable bonds is 3. The van der Waals surface area contributed by atoms with E-state index in [0.29, 0.717) is 12.4 Å². The molecule has 0 bridgehead atoms. The molecule has 2 aromatic rings. The van der Waals surface area contributed by atoms with Crippen LogP contribution in [0.4, 0.5) is 5.82 Å². The van der Waals surface area contributed by atoms with E-state index in [1.807, 2.05) is 26.8 Å². The molecule has 0 amide bonds. The predicted octanol–water partition coefficient (Wildman–Crippen LogP) is 0.859. The normalized spacial score (nSPS) is 11.1. The molecule has 0 radical (unpaired) electrons. The van der Waals surface area contributed by atoms with Gasteiger partial charge >= 0.3 is 5.69 Å². The van der Waals surface area contributed by atoms with Crippen LogP contribution in [-0.4, -0.2) is 31.3 Å². The Labute approximate surface area is 121 Å². The number of anilines is 1. The van der Waals surface area contributed by atoms with Crippen molar-refractivity contribution in [3.63, 3.8) is 0 Å². The number of hydrogen-bond donors (Lipinski definition) is 2. The third kappa shape index (κ3) is 3.39. The van der Waals surface area contributed by atoms with Crippen molar-refractivity contribution in [3.8, 4) is 11.9 Å². The Balaban J connectivity index is 2.53. The van der Waals surface area contributed by atoms with Gasteiger partial charge in [-0.2, -0.15) is 10.2 Å². The molecule has 0 aliphatic rings. The summed E-state index contributed by atoms with van der Waals surface area (Å²) in [6, 6.07) is 3.46. The van der Waals surface area contributed by atoms with E-state index in [4.69, 9.17) is 5.26 Å². The summed E-state index contributed by atoms with van der Waals surface area (Å²) in [4.78, 5) is 22.1. The third-order valence-corrected chi connectivity index (χ3v) is 2.58. The van der Waals surface area contributed by atoms with Crippen molar-refractivity contribution in [2.45, 2.75) is 20.8 Å². The number of hydrogen-bond acceptors (Lipinski definition) is 6. The molecule has 2 heterocycles. The van der Waals surface area contributed by atoms with Gasteiger partial charge in [-0.25, -0.2) is 14.5 Å². The molecule has 0 fully saturated rings. The molecule has 0 saturated carbocycles. The highest BCUT2D eigenvalue weighted by atomic mass is 16.3. The van der Waals surface area contributed by atoms with Gasteiger partial charge in [0.2, 0.25) is 11.7 Å². The van der Waals surface area contributed by atoms with Crippen molar-refractivity contribution < 1.29 is 5.11 Å². The zero-order valence-corrected chi connectivity index (χ0v) is 12.0. The summed E-state index contributed by atoms with van der Waals surface area (Å²) in [6.07, 6.45) is 2.72. The van der Waals surface area contributed by atoms with Crippen molar-refractivity contribution >= 4 is 5.82 Å². The molecule has 0 saturated heterocycles. The summed E-state index contributed by atoms with van der Waals surface area (Å²) >= 11 is 0. The van der Waals surface area contributed by atoms with Crippen molar-refractivity contribution in [1.82, 2.24) is 19.6 Å². The van der Waals surface area contributed by atoms with E-state index in [1.165, 1.54) is 17.1 Å². The molecule has 2 aromatic heterocycles. The van der Waals surface area contributed by atoms with E-state index in [9.17, 15) is 9.90 Å². The standard InChI is InChI=1S/C13H16N6O2/c1-13(2,3)8-19(18-7-11(20)17-12(18)21)10-4-5-15-9(6-14)16-10/h4-5,7,20H,8H2,1-3H3,(H,17,21). The Morgan fingerprint density at radius 3 is 2.76 bits per heavy atom. The molecule has 0 aliphatic heterocycles. The topological polar surface area (TPSA) is 111 Å². The molecule has 2 rings (SSSR count). The molecule has 8 heteroatoms. The van der Waals surface area contributed by atoms with Gasteiger partial charge in [0.25, 0.3) is 0 Å². The van der Waals surface area contributed by atoms with E-state index in [-0.39, 0.29) is 17.1 Å². The van der Waals surface area contributed by atoms with Crippen LogP contribution in [0.15, 0.2) is 23.3 Å². The van der Waals surface area contributed by atoms with Crippen LogP contribution in [0.25, 0.3) is 0 Å². The molecule has 0 aromatic carbocycles. The number of nitriles is 1. The summed E-state index contributed by atoms with van der Waals surface area (Å²) in [5.74, 6) is 0.172. The lowest BCUT2D eigenvalue weighted by Crippen LogP contribution is -2.42. The van der Waals surface area contributed by atoms with E-state index in [1.54, 1.807) is 11.1 Å². The second kappa shape index (κ2) is 5.28. The number of nitrogens with one attached hydrogen (secondary N) is 1. The molecule has 0 atom stereocenters. The number of H-pyrrole nitrogens is 1. The van der Waals surface area contributed by atoms with Crippen LogP contribution in [-0.2, 0) is 0 Å². The zero-order valence-electron chi connectivity index (χ0n) is 12.0. The zero-order chi connectivity index (χ0) is 15.6. The second-order valence-electron chi connectivity index (χ2n) is 5.76. The summed E-state index contributed by atoms with van der Waals surface area (Å²) in [7, 11) is 0. The number of imidazole rings is 1. The lowest BCUT2D eigenvalue weighted by atomic mass is 9.97. The van der Waals surface area contributed by atoms with Crippen LogP contribution in [0.1, 0.15) is 26.6 Å². The maximum absolute atomic E-state index is 11.9. The Hall–Kier alpha value is -2.82. The van der Waals surface area contributed by atoms with Gasteiger partial charge in [-0.15, -0.1) is 0 Å². The monoisotopic (exact) mass is 288 g/mol. The van der Waals surface area contributed by atoms with Crippen LogP contribution < -0.4 is 10.7 Å². The van der Waals surface area contributed by atoms with Gasteiger partial charge in [-0.05, 0) is 5.41 Å². The van der Waals surface area contributed by atoms with E-state index in [0.717, 1.165) is 0 Å². The highest BCUT2D eigenvalue weighted by Crippen LogP contribution is 2.20. The minimum atomic E-state index is -0.492.